The lowest BCUT2D eigenvalue weighted by Gasteiger charge is -2.15. The van der Waals surface area contributed by atoms with Crippen LogP contribution in [0.15, 0.2) is 42.5 Å². The molecule has 0 saturated carbocycles. The second-order valence-electron chi connectivity index (χ2n) is 6.29. The molecule has 1 heterocycles. The highest BCUT2D eigenvalue weighted by atomic mass is 19.4. The number of carbonyl (C=O) groups is 1. The lowest BCUT2D eigenvalue weighted by Crippen LogP contribution is -2.15. The molecule has 1 aliphatic heterocycles. The van der Waals surface area contributed by atoms with Crippen molar-refractivity contribution in [1.82, 2.24) is 5.32 Å². The largest absolute Gasteiger partial charge is 0.416 e. The lowest BCUT2D eigenvalue weighted by atomic mass is 9.92. The molecular formula is C19H19F3N2O. The number of hydrogen-bond acceptors (Lipinski definition) is 2. The van der Waals surface area contributed by atoms with Gasteiger partial charge in [0, 0.05) is 17.8 Å². The predicted octanol–water partition coefficient (Wildman–Crippen LogP) is 4.34. The van der Waals surface area contributed by atoms with Crippen LogP contribution in [0.25, 0.3) is 0 Å². The Labute approximate surface area is 144 Å². The molecule has 2 aromatic rings. The molecule has 25 heavy (non-hydrogen) atoms. The minimum absolute atomic E-state index is 0.129. The normalized spacial score (nSPS) is 17.5. The Balaban J connectivity index is 1.81. The number of carbonyl (C=O) groups excluding carboxylic acids is 1. The van der Waals surface area contributed by atoms with E-state index in [-0.39, 0.29) is 5.69 Å². The quantitative estimate of drug-likeness (QED) is 0.866. The van der Waals surface area contributed by atoms with Crippen LogP contribution in [0.2, 0.25) is 0 Å². The van der Waals surface area contributed by atoms with E-state index in [1.807, 2.05) is 19.1 Å². The molecule has 0 spiro atoms. The number of anilines is 1. The highest BCUT2D eigenvalue weighted by Gasteiger charge is 2.30. The fraction of sp³-hybridized carbons (Fsp3) is 0.316. The van der Waals surface area contributed by atoms with E-state index >= 15 is 0 Å². The van der Waals surface area contributed by atoms with Crippen molar-refractivity contribution in [2.75, 3.05) is 18.4 Å². The zero-order valence-corrected chi connectivity index (χ0v) is 13.8. The summed E-state index contributed by atoms with van der Waals surface area (Å²) in [6.45, 7) is 3.83. The Morgan fingerprint density at radius 1 is 1.20 bits per heavy atom. The maximum absolute atomic E-state index is 12.8. The van der Waals surface area contributed by atoms with Gasteiger partial charge in [-0.3, -0.25) is 4.79 Å². The molecule has 0 bridgehead atoms. The zero-order chi connectivity index (χ0) is 18.0. The van der Waals surface area contributed by atoms with Gasteiger partial charge in [-0.2, -0.15) is 13.2 Å². The van der Waals surface area contributed by atoms with Gasteiger partial charge < -0.3 is 10.6 Å². The monoisotopic (exact) mass is 348 g/mol. The molecule has 3 nitrogen and oxygen atoms in total. The van der Waals surface area contributed by atoms with Gasteiger partial charge in [-0.25, -0.2) is 0 Å². The van der Waals surface area contributed by atoms with E-state index < -0.39 is 17.6 Å². The molecule has 1 amide bonds. The van der Waals surface area contributed by atoms with Gasteiger partial charge in [0.1, 0.15) is 0 Å². The molecule has 6 heteroatoms. The summed E-state index contributed by atoms with van der Waals surface area (Å²) in [5.74, 6) is -0.0483. The topological polar surface area (TPSA) is 41.1 Å². The Morgan fingerprint density at radius 2 is 2.00 bits per heavy atom. The molecule has 3 rings (SSSR count). The van der Waals surface area contributed by atoms with Crippen LogP contribution >= 0.6 is 0 Å². The van der Waals surface area contributed by atoms with Crippen LogP contribution in [0.4, 0.5) is 18.9 Å². The molecule has 0 aliphatic carbocycles. The van der Waals surface area contributed by atoms with Gasteiger partial charge in [-0.05, 0) is 67.3 Å². The van der Waals surface area contributed by atoms with Crippen LogP contribution < -0.4 is 10.6 Å². The van der Waals surface area contributed by atoms with Crippen LogP contribution in [0.3, 0.4) is 0 Å². The summed E-state index contributed by atoms with van der Waals surface area (Å²) >= 11 is 0. The third-order valence-corrected chi connectivity index (χ3v) is 4.49. The maximum Gasteiger partial charge on any atom is 0.416 e. The molecule has 0 aromatic heterocycles. The average molecular weight is 348 g/mol. The number of halogens is 3. The van der Waals surface area contributed by atoms with Crippen LogP contribution in [-0.2, 0) is 6.18 Å². The Hall–Kier alpha value is -2.34. The molecular weight excluding hydrogens is 329 g/mol. The zero-order valence-electron chi connectivity index (χ0n) is 13.8. The van der Waals surface area contributed by atoms with Gasteiger partial charge in [-0.1, -0.05) is 12.1 Å². The molecule has 132 valence electrons. The number of amides is 1. The van der Waals surface area contributed by atoms with Crippen molar-refractivity contribution in [1.29, 1.82) is 0 Å². The SMILES string of the molecule is Cc1ccc(C(=O)Nc2cccc(C(F)(F)F)c2)cc1C1CCNC1. The summed E-state index contributed by atoms with van der Waals surface area (Å²) in [5.41, 5.74) is 2.02. The highest BCUT2D eigenvalue weighted by molar-refractivity contribution is 6.04. The van der Waals surface area contributed by atoms with Crippen molar-refractivity contribution in [2.24, 2.45) is 0 Å². The Morgan fingerprint density at radius 3 is 2.68 bits per heavy atom. The number of nitrogens with one attached hydrogen (secondary N) is 2. The highest BCUT2D eigenvalue weighted by Crippen LogP contribution is 2.31. The summed E-state index contributed by atoms with van der Waals surface area (Å²) in [6, 6.07) is 10.1. The summed E-state index contributed by atoms with van der Waals surface area (Å²) in [6.07, 6.45) is -3.42. The van der Waals surface area contributed by atoms with Gasteiger partial charge >= 0.3 is 6.18 Å². The molecule has 1 saturated heterocycles. The lowest BCUT2D eigenvalue weighted by molar-refractivity contribution is -0.137. The van der Waals surface area contributed by atoms with E-state index in [0.717, 1.165) is 42.8 Å². The van der Waals surface area contributed by atoms with Gasteiger partial charge in [0.2, 0.25) is 0 Å². The van der Waals surface area contributed by atoms with Crippen LogP contribution in [0.5, 0.6) is 0 Å². The fourth-order valence-electron chi connectivity index (χ4n) is 3.12. The fourth-order valence-corrected chi connectivity index (χ4v) is 3.12. The van der Waals surface area contributed by atoms with E-state index in [0.29, 0.717) is 11.5 Å². The first-order chi connectivity index (χ1) is 11.8. The van der Waals surface area contributed by atoms with E-state index in [4.69, 9.17) is 0 Å². The number of alkyl halides is 3. The first-order valence-electron chi connectivity index (χ1n) is 8.14. The number of aryl methyl sites for hydroxylation is 1. The average Bonchev–Trinajstić information content (AvgIpc) is 3.09. The van der Waals surface area contributed by atoms with E-state index in [9.17, 15) is 18.0 Å². The molecule has 1 aliphatic rings. The maximum atomic E-state index is 12.8. The summed E-state index contributed by atoms with van der Waals surface area (Å²) in [5, 5.41) is 5.85. The van der Waals surface area contributed by atoms with Crippen LogP contribution in [0, 0.1) is 6.92 Å². The Bertz CT molecular complexity index is 780. The molecule has 2 aromatic carbocycles. The summed E-state index contributed by atoms with van der Waals surface area (Å²) in [4.78, 5) is 12.4. The first-order valence-corrected chi connectivity index (χ1v) is 8.14. The third kappa shape index (κ3) is 4.02. The van der Waals surface area contributed by atoms with Crippen LogP contribution in [-0.4, -0.2) is 19.0 Å². The van der Waals surface area contributed by atoms with Crippen molar-refractivity contribution >= 4 is 11.6 Å². The minimum atomic E-state index is -4.44. The predicted molar refractivity (Wildman–Crippen MR) is 90.8 cm³/mol. The van der Waals surface area contributed by atoms with Gasteiger partial charge in [-0.15, -0.1) is 0 Å². The summed E-state index contributed by atoms with van der Waals surface area (Å²) < 4.78 is 38.3. The van der Waals surface area contributed by atoms with E-state index in [2.05, 4.69) is 10.6 Å². The van der Waals surface area contributed by atoms with Crippen LogP contribution in [0.1, 0.15) is 39.4 Å². The number of benzene rings is 2. The van der Waals surface area contributed by atoms with Gasteiger partial charge in [0.15, 0.2) is 0 Å². The van der Waals surface area contributed by atoms with E-state index in [1.54, 1.807) is 6.07 Å². The smallest absolute Gasteiger partial charge is 0.322 e. The van der Waals surface area contributed by atoms with Gasteiger partial charge in [0.25, 0.3) is 5.91 Å². The molecule has 2 N–H and O–H groups in total. The summed E-state index contributed by atoms with van der Waals surface area (Å²) in [7, 11) is 0. The molecule has 1 fully saturated rings. The third-order valence-electron chi connectivity index (χ3n) is 4.49. The second-order valence-corrected chi connectivity index (χ2v) is 6.29. The number of rotatable bonds is 3. The second kappa shape index (κ2) is 6.88. The molecule has 0 radical (unpaired) electrons. The first kappa shape index (κ1) is 17.5. The van der Waals surface area contributed by atoms with Crippen molar-refractivity contribution in [2.45, 2.75) is 25.4 Å². The van der Waals surface area contributed by atoms with E-state index in [1.165, 1.54) is 12.1 Å². The van der Waals surface area contributed by atoms with Crippen molar-refractivity contribution in [3.63, 3.8) is 0 Å². The van der Waals surface area contributed by atoms with Gasteiger partial charge in [0.05, 0.1) is 5.56 Å². The van der Waals surface area contributed by atoms with Crippen molar-refractivity contribution in [3.8, 4) is 0 Å². The van der Waals surface area contributed by atoms with Crippen molar-refractivity contribution < 1.29 is 18.0 Å². The van der Waals surface area contributed by atoms with Crippen molar-refractivity contribution in [3.05, 3.63) is 64.7 Å². The molecule has 1 atom stereocenters. The number of hydrogen-bond donors (Lipinski definition) is 2. The Kier molecular flexibility index (Phi) is 4.81. The minimum Gasteiger partial charge on any atom is -0.322 e. The standard InChI is InChI=1S/C19H19F3N2O/c1-12-5-6-13(9-17(12)14-7-8-23-11-14)18(25)24-16-4-2-3-15(10-16)19(20,21)22/h2-6,9-10,14,23H,7-8,11H2,1H3,(H,24,25). The molecule has 1 unspecified atom stereocenters.